The Hall–Kier alpha value is -3.02. The van der Waals surface area contributed by atoms with E-state index in [4.69, 9.17) is 11.5 Å². The zero-order valence-corrected chi connectivity index (χ0v) is 17.3. The normalized spacial score (nSPS) is 12.3. The van der Waals surface area contributed by atoms with Crippen molar-refractivity contribution >= 4 is 11.4 Å². The number of alkyl halides is 3. The molecule has 0 saturated heterocycles. The van der Waals surface area contributed by atoms with Crippen molar-refractivity contribution in [3.8, 4) is 0 Å². The fraction of sp³-hybridized carbons (Fsp3) is 0.250. The summed E-state index contributed by atoms with van der Waals surface area (Å²) in [5.74, 6) is -0.607. The molecule has 3 rings (SSSR count). The molecule has 0 saturated carbocycles. The second-order valence-corrected chi connectivity index (χ2v) is 7.80. The number of nitrogen functional groups attached to an aromatic ring is 2. The van der Waals surface area contributed by atoms with E-state index in [-0.39, 0.29) is 16.7 Å². The van der Waals surface area contributed by atoms with Crippen LogP contribution in [0.25, 0.3) is 0 Å². The standard InChI is InChI=1S/C24H24F4N2/c1-13-9-18(10-14(2)21(13)29)23(24(26,27)28,17-5-7-20(25)8-6-17)19-11-15(3)22(30)16(4)12-19/h5-12H,29-30H2,1-4H3. The molecule has 158 valence electrons. The van der Waals surface area contributed by atoms with Crippen molar-refractivity contribution in [2.75, 3.05) is 11.5 Å². The van der Waals surface area contributed by atoms with Gasteiger partial charge in [0.25, 0.3) is 0 Å². The maximum absolute atomic E-state index is 15.1. The SMILES string of the molecule is Cc1cc(C(c2ccc(F)cc2)(c2cc(C)c(N)c(C)c2)C(F)(F)F)cc(C)c1N. The Labute approximate surface area is 173 Å². The Balaban J connectivity index is 2.54. The van der Waals surface area contributed by atoms with Gasteiger partial charge in [0, 0.05) is 11.4 Å². The van der Waals surface area contributed by atoms with Crippen molar-refractivity contribution in [3.05, 3.63) is 93.3 Å². The van der Waals surface area contributed by atoms with Crippen molar-refractivity contribution in [1.29, 1.82) is 0 Å². The largest absolute Gasteiger partial charge is 0.406 e. The molecule has 0 bridgehead atoms. The molecule has 0 atom stereocenters. The lowest BCUT2D eigenvalue weighted by Crippen LogP contribution is -2.45. The summed E-state index contributed by atoms with van der Waals surface area (Å²) < 4.78 is 58.9. The Morgan fingerprint density at radius 2 is 0.933 bits per heavy atom. The van der Waals surface area contributed by atoms with Gasteiger partial charge in [-0.05, 0) is 78.8 Å². The third kappa shape index (κ3) is 3.30. The average Bonchev–Trinajstić information content (AvgIpc) is 2.65. The van der Waals surface area contributed by atoms with Crippen LogP contribution in [-0.2, 0) is 5.41 Å². The average molecular weight is 416 g/mol. The van der Waals surface area contributed by atoms with Gasteiger partial charge in [0.15, 0.2) is 0 Å². The van der Waals surface area contributed by atoms with Crippen LogP contribution >= 0.6 is 0 Å². The molecular weight excluding hydrogens is 392 g/mol. The third-order valence-corrected chi connectivity index (χ3v) is 5.76. The van der Waals surface area contributed by atoms with E-state index in [1.807, 2.05) is 0 Å². The van der Waals surface area contributed by atoms with Crippen molar-refractivity contribution in [2.45, 2.75) is 39.3 Å². The maximum Gasteiger partial charge on any atom is 0.406 e. The molecule has 6 heteroatoms. The Kier molecular flexibility index (Phi) is 5.31. The van der Waals surface area contributed by atoms with Crippen LogP contribution in [0.3, 0.4) is 0 Å². The molecule has 0 aliphatic heterocycles. The van der Waals surface area contributed by atoms with E-state index in [9.17, 15) is 4.39 Å². The van der Waals surface area contributed by atoms with Gasteiger partial charge in [-0.1, -0.05) is 36.4 Å². The van der Waals surface area contributed by atoms with Gasteiger partial charge in [0.2, 0.25) is 0 Å². The monoisotopic (exact) mass is 416 g/mol. The van der Waals surface area contributed by atoms with Crippen molar-refractivity contribution in [1.82, 2.24) is 0 Å². The highest BCUT2D eigenvalue weighted by atomic mass is 19.4. The molecule has 0 heterocycles. The number of aryl methyl sites for hydroxylation is 4. The lowest BCUT2D eigenvalue weighted by atomic mass is 9.67. The number of benzene rings is 3. The highest BCUT2D eigenvalue weighted by Gasteiger charge is 2.58. The van der Waals surface area contributed by atoms with E-state index < -0.39 is 17.4 Å². The number of anilines is 2. The lowest BCUT2D eigenvalue weighted by Gasteiger charge is -2.38. The second kappa shape index (κ2) is 7.35. The number of rotatable bonds is 3. The molecule has 0 aliphatic carbocycles. The summed E-state index contributed by atoms with van der Waals surface area (Å²) in [5, 5.41) is 0. The van der Waals surface area contributed by atoms with Gasteiger partial charge in [-0.15, -0.1) is 0 Å². The summed E-state index contributed by atoms with van der Waals surface area (Å²) in [6.07, 6.45) is -4.73. The first-order valence-electron chi connectivity index (χ1n) is 9.46. The van der Waals surface area contributed by atoms with Crippen LogP contribution in [0.5, 0.6) is 0 Å². The first kappa shape index (κ1) is 21.7. The molecule has 0 aromatic heterocycles. The number of nitrogens with two attached hydrogens (primary N) is 2. The van der Waals surface area contributed by atoms with Crippen LogP contribution in [0, 0.1) is 33.5 Å². The minimum Gasteiger partial charge on any atom is -0.398 e. The zero-order chi connectivity index (χ0) is 22.4. The predicted molar refractivity (Wildman–Crippen MR) is 113 cm³/mol. The Morgan fingerprint density at radius 1 is 0.600 bits per heavy atom. The van der Waals surface area contributed by atoms with E-state index in [1.54, 1.807) is 27.7 Å². The van der Waals surface area contributed by atoms with E-state index in [2.05, 4.69) is 0 Å². The molecule has 0 spiro atoms. The van der Waals surface area contributed by atoms with Crippen LogP contribution in [0.2, 0.25) is 0 Å². The lowest BCUT2D eigenvalue weighted by molar-refractivity contribution is -0.166. The molecule has 0 unspecified atom stereocenters. The highest BCUT2D eigenvalue weighted by Crippen LogP contribution is 2.52. The quantitative estimate of drug-likeness (QED) is 0.307. The number of halogens is 4. The van der Waals surface area contributed by atoms with Crippen molar-refractivity contribution < 1.29 is 17.6 Å². The van der Waals surface area contributed by atoms with E-state index in [0.29, 0.717) is 33.6 Å². The summed E-state index contributed by atoms with van der Waals surface area (Å²) in [7, 11) is 0. The van der Waals surface area contributed by atoms with Gasteiger partial charge < -0.3 is 11.5 Å². The van der Waals surface area contributed by atoms with Gasteiger partial charge in [0.05, 0.1) is 0 Å². The van der Waals surface area contributed by atoms with E-state index in [1.165, 1.54) is 36.4 Å². The molecule has 0 fully saturated rings. The smallest absolute Gasteiger partial charge is 0.398 e. The van der Waals surface area contributed by atoms with Gasteiger partial charge in [-0.25, -0.2) is 4.39 Å². The topological polar surface area (TPSA) is 52.0 Å². The molecule has 0 aliphatic rings. The van der Waals surface area contributed by atoms with E-state index >= 15 is 13.2 Å². The van der Waals surface area contributed by atoms with Gasteiger partial charge in [-0.3, -0.25) is 0 Å². The summed E-state index contributed by atoms with van der Waals surface area (Å²) >= 11 is 0. The molecule has 30 heavy (non-hydrogen) atoms. The zero-order valence-electron chi connectivity index (χ0n) is 17.3. The minimum absolute atomic E-state index is 0.0226. The second-order valence-electron chi connectivity index (χ2n) is 7.80. The molecule has 2 nitrogen and oxygen atoms in total. The first-order chi connectivity index (χ1) is 13.9. The summed E-state index contributed by atoms with van der Waals surface area (Å²) in [6, 6.07) is 10.3. The number of hydrogen-bond donors (Lipinski definition) is 2. The van der Waals surface area contributed by atoms with Crippen LogP contribution in [0.15, 0.2) is 48.5 Å². The van der Waals surface area contributed by atoms with E-state index in [0.717, 1.165) is 12.1 Å². The van der Waals surface area contributed by atoms with Crippen molar-refractivity contribution in [2.24, 2.45) is 0 Å². The fourth-order valence-electron chi connectivity index (χ4n) is 4.07. The summed E-state index contributed by atoms with van der Waals surface area (Å²) in [4.78, 5) is 0. The highest BCUT2D eigenvalue weighted by molar-refractivity contribution is 5.64. The van der Waals surface area contributed by atoms with Gasteiger partial charge in [0.1, 0.15) is 11.2 Å². The maximum atomic E-state index is 15.1. The van der Waals surface area contributed by atoms with Crippen LogP contribution in [0.4, 0.5) is 28.9 Å². The van der Waals surface area contributed by atoms with Gasteiger partial charge >= 0.3 is 6.18 Å². The summed E-state index contributed by atoms with van der Waals surface area (Å²) in [6.45, 7) is 6.71. The Morgan fingerprint density at radius 3 is 1.23 bits per heavy atom. The van der Waals surface area contributed by atoms with Gasteiger partial charge in [-0.2, -0.15) is 13.2 Å². The molecule has 0 amide bonds. The van der Waals surface area contributed by atoms with Crippen LogP contribution in [0.1, 0.15) is 38.9 Å². The van der Waals surface area contributed by atoms with Crippen LogP contribution < -0.4 is 11.5 Å². The first-order valence-corrected chi connectivity index (χ1v) is 9.46. The fourth-order valence-corrected chi connectivity index (χ4v) is 4.07. The molecule has 3 aromatic rings. The molecule has 0 radical (unpaired) electrons. The molecule has 4 N–H and O–H groups in total. The van der Waals surface area contributed by atoms with Crippen molar-refractivity contribution in [3.63, 3.8) is 0 Å². The predicted octanol–water partition coefficient (Wildman–Crippen LogP) is 6.12. The van der Waals surface area contributed by atoms with Crippen LogP contribution in [-0.4, -0.2) is 6.18 Å². The molecular formula is C24H24F4N2. The third-order valence-electron chi connectivity index (χ3n) is 5.76. The summed E-state index contributed by atoms with van der Waals surface area (Å²) in [5.41, 5.74) is 12.6. The number of hydrogen-bond acceptors (Lipinski definition) is 2. The molecule has 3 aromatic carbocycles. The minimum atomic E-state index is -4.73. The Bertz CT molecular complexity index is 996.